The van der Waals surface area contributed by atoms with Gasteiger partial charge in [0.1, 0.15) is 10.8 Å². The van der Waals surface area contributed by atoms with Gasteiger partial charge in [0, 0.05) is 11.1 Å². The Kier molecular flexibility index (Phi) is 9.84. The van der Waals surface area contributed by atoms with Crippen LogP contribution in [0.3, 0.4) is 0 Å². The zero-order valence-corrected chi connectivity index (χ0v) is 29.9. The zero-order valence-electron chi connectivity index (χ0n) is 29.9. The molecule has 0 aromatic heterocycles. The van der Waals surface area contributed by atoms with Crippen molar-refractivity contribution in [3.8, 4) is 34.8 Å². The van der Waals surface area contributed by atoms with E-state index in [9.17, 15) is 0 Å². The standard InChI is InChI=1S/C54H38/c1-7-19-47(20-8-1)53(48-21-9-2-10-22-48,49-23-11-3-12-24-49)41-39-43-31-35-45(36-32-43)46-37-33-44(34-38-46)40-42-54(50-25-13-4-14-26-50,51-27-15-5-16-28-51)52-29-17-6-18-30-52/h1-38H. The molecule has 8 aromatic carbocycles. The maximum atomic E-state index is 3.76. The molecule has 0 heteroatoms. The first-order valence-electron chi connectivity index (χ1n) is 18.4. The molecular formula is C54H38. The molecule has 0 nitrogen and oxygen atoms in total. The van der Waals surface area contributed by atoms with Crippen LogP contribution >= 0.6 is 0 Å². The molecule has 8 rings (SSSR count). The minimum Gasteiger partial charge on any atom is -0.0765 e. The molecule has 8 aromatic rings. The first-order valence-corrected chi connectivity index (χ1v) is 18.4. The first kappa shape index (κ1) is 34.0. The minimum absolute atomic E-state index is 0.627. The van der Waals surface area contributed by atoms with Crippen LogP contribution in [0.5, 0.6) is 0 Å². The van der Waals surface area contributed by atoms with Gasteiger partial charge < -0.3 is 0 Å². The highest BCUT2D eigenvalue weighted by atomic mass is 14.4. The van der Waals surface area contributed by atoms with Gasteiger partial charge in [-0.1, -0.05) is 230 Å². The van der Waals surface area contributed by atoms with Crippen LogP contribution in [0.15, 0.2) is 231 Å². The molecule has 0 fully saturated rings. The van der Waals surface area contributed by atoms with Gasteiger partial charge in [-0.15, -0.1) is 0 Å². The Bertz CT molecular complexity index is 2150. The van der Waals surface area contributed by atoms with Gasteiger partial charge in [0.05, 0.1) is 0 Å². The van der Waals surface area contributed by atoms with Crippen molar-refractivity contribution in [1.82, 2.24) is 0 Å². The zero-order chi connectivity index (χ0) is 36.5. The lowest BCUT2D eigenvalue weighted by molar-refractivity contribution is 0.809. The van der Waals surface area contributed by atoms with E-state index in [0.717, 1.165) is 55.6 Å². The molecule has 0 amide bonds. The first-order chi connectivity index (χ1) is 26.8. The fourth-order valence-corrected chi connectivity index (χ4v) is 7.39. The van der Waals surface area contributed by atoms with Crippen molar-refractivity contribution in [1.29, 1.82) is 0 Å². The Morgan fingerprint density at radius 2 is 0.426 bits per heavy atom. The Labute approximate surface area is 319 Å². The van der Waals surface area contributed by atoms with Crippen LogP contribution in [0.4, 0.5) is 0 Å². The molecule has 0 aliphatic rings. The van der Waals surface area contributed by atoms with Gasteiger partial charge in [0.25, 0.3) is 0 Å². The van der Waals surface area contributed by atoms with Crippen LogP contribution in [0.2, 0.25) is 0 Å². The Morgan fingerprint density at radius 1 is 0.222 bits per heavy atom. The van der Waals surface area contributed by atoms with Crippen LogP contribution < -0.4 is 0 Å². The molecular weight excluding hydrogens is 649 g/mol. The van der Waals surface area contributed by atoms with E-state index >= 15 is 0 Å². The lowest BCUT2D eigenvalue weighted by atomic mass is 9.70. The average molecular weight is 687 g/mol. The van der Waals surface area contributed by atoms with Gasteiger partial charge in [-0.3, -0.25) is 0 Å². The van der Waals surface area contributed by atoms with E-state index in [1.807, 2.05) is 0 Å². The summed E-state index contributed by atoms with van der Waals surface area (Å²) in [6, 6.07) is 80.7. The van der Waals surface area contributed by atoms with Crippen molar-refractivity contribution >= 4 is 0 Å². The third-order valence-electron chi connectivity index (χ3n) is 10.1. The Hall–Kier alpha value is -7.12. The minimum atomic E-state index is -0.627. The van der Waals surface area contributed by atoms with E-state index in [4.69, 9.17) is 0 Å². The van der Waals surface area contributed by atoms with Gasteiger partial charge in [-0.25, -0.2) is 0 Å². The molecule has 0 atom stereocenters. The maximum Gasteiger partial charge on any atom is 0.107 e. The Balaban J connectivity index is 1.12. The highest BCUT2D eigenvalue weighted by molar-refractivity contribution is 5.67. The summed E-state index contributed by atoms with van der Waals surface area (Å²) in [5, 5.41) is 0. The monoisotopic (exact) mass is 686 g/mol. The molecule has 54 heavy (non-hydrogen) atoms. The van der Waals surface area contributed by atoms with Crippen molar-refractivity contribution in [3.63, 3.8) is 0 Å². The van der Waals surface area contributed by atoms with E-state index in [-0.39, 0.29) is 0 Å². The van der Waals surface area contributed by atoms with Crippen molar-refractivity contribution in [3.05, 3.63) is 275 Å². The lowest BCUT2D eigenvalue weighted by Gasteiger charge is -2.31. The summed E-state index contributed by atoms with van der Waals surface area (Å²) in [5.74, 6) is 14.7. The molecule has 0 aliphatic carbocycles. The van der Waals surface area contributed by atoms with E-state index in [1.54, 1.807) is 0 Å². The van der Waals surface area contributed by atoms with E-state index in [2.05, 4.69) is 254 Å². The van der Waals surface area contributed by atoms with E-state index in [1.165, 1.54) is 0 Å². The number of rotatable bonds is 7. The number of benzene rings is 8. The van der Waals surface area contributed by atoms with Gasteiger partial charge in [0.2, 0.25) is 0 Å². The van der Waals surface area contributed by atoms with Crippen molar-refractivity contribution < 1.29 is 0 Å². The third kappa shape index (κ3) is 6.78. The smallest absolute Gasteiger partial charge is 0.0765 e. The van der Waals surface area contributed by atoms with Gasteiger partial charge >= 0.3 is 0 Å². The second-order valence-corrected chi connectivity index (χ2v) is 13.4. The van der Waals surface area contributed by atoms with Crippen molar-refractivity contribution in [2.45, 2.75) is 10.8 Å². The summed E-state index contributed by atoms with van der Waals surface area (Å²) in [6.45, 7) is 0. The maximum absolute atomic E-state index is 3.76. The predicted molar refractivity (Wildman–Crippen MR) is 224 cm³/mol. The highest BCUT2D eigenvalue weighted by Gasteiger charge is 2.35. The fourth-order valence-electron chi connectivity index (χ4n) is 7.39. The molecule has 0 aliphatic heterocycles. The molecule has 0 unspecified atom stereocenters. The molecule has 0 radical (unpaired) electrons. The van der Waals surface area contributed by atoms with Crippen LogP contribution in [-0.2, 0) is 10.8 Å². The number of hydrogen-bond donors (Lipinski definition) is 0. The second-order valence-electron chi connectivity index (χ2n) is 13.4. The van der Waals surface area contributed by atoms with E-state index < -0.39 is 10.8 Å². The third-order valence-corrected chi connectivity index (χ3v) is 10.1. The van der Waals surface area contributed by atoms with Crippen LogP contribution in [0.1, 0.15) is 44.5 Å². The molecule has 254 valence electrons. The molecule has 0 spiro atoms. The molecule has 0 bridgehead atoms. The van der Waals surface area contributed by atoms with Gasteiger partial charge in [-0.05, 0) is 68.8 Å². The van der Waals surface area contributed by atoms with Gasteiger partial charge in [-0.2, -0.15) is 0 Å². The summed E-state index contributed by atoms with van der Waals surface area (Å²) in [5.41, 5.74) is 9.79. The molecule has 0 N–H and O–H groups in total. The van der Waals surface area contributed by atoms with Gasteiger partial charge in [0.15, 0.2) is 0 Å². The highest BCUT2D eigenvalue weighted by Crippen LogP contribution is 2.40. The average Bonchev–Trinajstić information content (AvgIpc) is 3.27. The summed E-state index contributed by atoms with van der Waals surface area (Å²) < 4.78 is 0. The second kappa shape index (κ2) is 15.6. The van der Waals surface area contributed by atoms with Crippen LogP contribution in [0, 0.1) is 23.7 Å². The summed E-state index contributed by atoms with van der Waals surface area (Å²) >= 11 is 0. The van der Waals surface area contributed by atoms with Crippen LogP contribution in [-0.4, -0.2) is 0 Å². The SMILES string of the molecule is C(#CC(c1ccccc1)(c1ccccc1)c1ccccc1)c1ccc(-c2ccc(C#CC(c3ccccc3)(c3ccccc3)c3ccccc3)cc2)cc1. The quantitative estimate of drug-likeness (QED) is 0.116. The summed E-state index contributed by atoms with van der Waals surface area (Å²) in [6.07, 6.45) is 0. The molecule has 0 saturated carbocycles. The predicted octanol–water partition coefficient (Wildman–Crippen LogP) is 12.1. The lowest BCUT2D eigenvalue weighted by Crippen LogP contribution is -2.27. The molecule has 0 saturated heterocycles. The van der Waals surface area contributed by atoms with E-state index in [0.29, 0.717) is 0 Å². The fraction of sp³-hybridized carbons (Fsp3) is 0.0370. The molecule has 0 heterocycles. The largest absolute Gasteiger partial charge is 0.107 e. The van der Waals surface area contributed by atoms with Crippen molar-refractivity contribution in [2.24, 2.45) is 0 Å². The summed E-state index contributed by atoms with van der Waals surface area (Å²) in [7, 11) is 0. The Morgan fingerprint density at radius 3 is 0.630 bits per heavy atom. The topological polar surface area (TPSA) is 0 Å². The van der Waals surface area contributed by atoms with Crippen LogP contribution in [0.25, 0.3) is 11.1 Å². The van der Waals surface area contributed by atoms with Crippen molar-refractivity contribution in [2.75, 3.05) is 0 Å². The summed E-state index contributed by atoms with van der Waals surface area (Å²) in [4.78, 5) is 0. The number of hydrogen-bond acceptors (Lipinski definition) is 0. The normalized spacial score (nSPS) is 11.0.